The topological polar surface area (TPSA) is 110 Å². The van der Waals surface area contributed by atoms with E-state index in [9.17, 15) is 31.2 Å². The molecular formula is C34H37F3N4O5S. The molecule has 1 unspecified atom stereocenters. The monoisotopic (exact) mass is 670 g/mol. The molecule has 0 radical (unpaired) electrons. The van der Waals surface area contributed by atoms with E-state index in [-0.39, 0.29) is 38.1 Å². The molecule has 2 N–H and O–H groups in total. The van der Waals surface area contributed by atoms with E-state index in [2.05, 4.69) is 10.6 Å². The van der Waals surface area contributed by atoms with Crippen LogP contribution in [-0.4, -0.2) is 56.4 Å². The van der Waals surface area contributed by atoms with E-state index >= 15 is 0 Å². The summed E-state index contributed by atoms with van der Waals surface area (Å²) in [5, 5.41) is 6.15. The van der Waals surface area contributed by atoms with Gasteiger partial charge in [-0.05, 0) is 54.7 Å². The number of carbonyl (C=O) groups is 2. The molecule has 5 rings (SSSR count). The molecule has 1 aliphatic heterocycles. The van der Waals surface area contributed by atoms with E-state index in [1.54, 1.807) is 25.1 Å². The predicted octanol–water partition coefficient (Wildman–Crippen LogP) is 5.06. The number of aryl methyl sites for hydroxylation is 1. The van der Waals surface area contributed by atoms with E-state index in [0.717, 1.165) is 34.2 Å². The summed E-state index contributed by atoms with van der Waals surface area (Å²) in [6.45, 7) is 4.29. The minimum Gasteiger partial charge on any atom is -0.461 e. The first-order valence-corrected chi connectivity index (χ1v) is 16.8. The fourth-order valence-electron chi connectivity index (χ4n) is 6.03. The second-order valence-electron chi connectivity index (χ2n) is 11.7. The van der Waals surface area contributed by atoms with Crippen LogP contribution in [0, 0.1) is 0 Å². The van der Waals surface area contributed by atoms with Gasteiger partial charge in [0.2, 0.25) is 10.0 Å². The van der Waals surface area contributed by atoms with Crippen LogP contribution in [0.3, 0.4) is 0 Å². The van der Waals surface area contributed by atoms with Crippen molar-refractivity contribution in [3.8, 4) is 0 Å². The third-order valence-corrected chi connectivity index (χ3v) is 10.7. The number of carbonyl (C=O) groups excluding carboxylic acids is 2. The van der Waals surface area contributed by atoms with Crippen LogP contribution in [0.2, 0.25) is 0 Å². The second kappa shape index (κ2) is 13.8. The molecule has 0 saturated carbocycles. The van der Waals surface area contributed by atoms with Crippen molar-refractivity contribution in [1.82, 2.24) is 15.2 Å². The molecule has 13 heteroatoms. The number of alkyl halides is 3. The average molecular weight is 671 g/mol. The minimum atomic E-state index is -4.48. The fourth-order valence-corrected chi connectivity index (χ4v) is 7.33. The molecule has 3 aromatic carbocycles. The van der Waals surface area contributed by atoms with Crippen molar-refractivity contribution in [1.29, 1.82) is 0 Å². The Hall–Kier alpha value is -4.36. The van der Waals surface area contributed by atoms with Gasteiger partial charge in [-0.25, -0.2) is 8.42 Å². The molecule has 9 nitrogen and oxygen atoms in total. The van der Waals surface area contributed by atoms with Crippen molar-refractivity contribution in [3.63, 3.8) is 0 Å². The van der Waals surface area contributed by atoms with Crippen LogP contribution in [0.15, 0.2) is 72.9 Å². The van der Waals surface area contributed by atoms with Gasteiger partial charge in [0.15, 0.2) is 0 Å². The van der Waals surface area contributed by atoms with Gasteiger partial charge in [-0.2, -0.15) is 13.2 Å². The molecule has 1 aliphatic rings. The standard InChI is InChI=1S/C34H37F3N4O5S/c1-4-25-20-41-19-22(2)47(44,45)40(3)30-16-26(15-28(25)32(30)41)33(43)39-29(14-23-9-6-5-7-10-23)31(46-21-42)18-38-17-24-11-8-12-27(13-24)34(35,36)37/h5-13,15-16,20-22,29,31,38H,4,14,17-19H2,1-3H3,(H,39,43)/t22?,29-,31+/m0/s1. The molecule has 0 aliphatic carbocycles. The number of ether oxygens (including phenoxy) is 1. The van der Waals surface area contributed by atoms with E-state index < -0.39 is 45.1 Å². The van der Waals surface area contributed by atoms with Gasteiger partial charge < -0.3 is 19.9 Å². The zero-order valence-corrected chi connectivity index (χ0v) is 27.1. The number of benzene rings is 3. The van der Waals surface area contributed by atoms with Gasteiger partial charge in [-0.3, -0.25) is 13.9 Å². The van der Waals surface area contributed by atoms with Gasteiger partial charge in [0.1, 0.15) is 6.10 Å². The Morgan fingerprint density at radius 1 is 1.09 bits per heavy atom. The number of nitrogens with zero attached hydrogens (tertiary/aromatic N) is 2. The van der Waals surface area contributed by atoms with E-state index in [1.807, 2.05) is 48.0 Å². The normalized spacial score (nSPS) is 17.1. The van der Waals surface area contributed by atoms with Crippen LogP contribution in [0.1, 0.15) is 46.5 Å². The number of aromatic nitrogens is 1. The summed E-state index contributed by atoms with van der Waals surface area (Å²) in [7, 11) is -2.22. The maximum atomic E-state index is 14.0. The highest BCUT2D eigenvalue weighted by Crippen LogP contribution is 2.37. The Labute approximate surface area is 271 Å². The largest absolute Gasteiger partial charge is 0.461 e. The van der Waals surface area contributed by atoms with Crippen molar-refractivity contribution < 1.29 is 35.9 Å². The Bertz CT molecular complexity index is 1860. The Morgan fingerprint density at radius 3 is 2.49 bits per heavy atom. The summed E-state index contributed by atoms with van der Waals surface area (Å²) >= 11 is 0. The number of nitrogens with one attached hydrogen (secondary N) is 2. The summed E-state index contributed by atoms with van der Waals surface area (Å²) in [4.78, 5) is 25.6. The maximum Gasteiger partial charge on any atom is 0.416 e. The Morgan fingerprint density at radius 2 is 1.81 bits per heavy atom. The summed E-state index contributed by atoms with van der Waals surface area (Å²) < 4.78 is 74.8. The third kappa shape index (κ3) is 7.31. The number of anilines is 1. The van der Waals surface area contributed by atoms with Crippen LogP contribution < -0.4 is 14.9 Å². The van der Waals surface area contributed by atoms with Gasteiger partial charge in [-0.15, -0.1) is 0 Å². The summed E-state index contributed by atoms with van der Waals surface area (Å²) in [6, 6.07) is 16.7. The minimum absolute atomic E-state index is 0.0265. The summed E-state index contributed by atoms with van der Waals surface area (Å²) in [6.07, 6.45) is -2.51. The average Bonchev–Trinajstić information content (AvgIpc) is 3.37. The highest BCUT2D eigenvalue weighted by Gasteiger charge is 2.34. The molecule has 250 valence electrons. The van der Waals surface area contributed by atoms with E-state index in [1.165, 1.54) is 17.4 Å². The van der Waals surface area contributed by atoms with Crippen LogP contribution in [0.4, 0.5) is 18.9 Å². The van der Waals surface area contributed by atoms with Gasteiger partial charge in [0, 0.05) is 43.8 Å². The van der Waals surface area contributed by atoms with Crippen LogP contribution in [-0.2, 0) is 51.7 Å². The molecular weight excluding hydrogens is 633 g/mol. The number of rotatable bonds is 12. The molecule has 0 saturated heterocycles. The van der Waals surface area contributed by atoms with Gasteiger partial charge in [0.05, 0.1) is 28.1 Å². The van der Waals surface area contributed by atoms with Crippen molar-refractivity contribution in [3.05, 3.63) is 101 Å². The van der Waals surface area contributed by atoms with E-state index in [4.69, 9.17) is 4.74 Å². The number of amides is 1. The van der Waals surface area contributed by atoms with Crippen LogP contribution in [0.5, 0.6) is 0 Å². The number of hydrogen-bond donors (Lipinski definition) is 2. The summed E-state index contributed by atoms with van der Waals surface area (Å²) in [5.41, 5.74) is 2.79. The fraction of sp³-hybridized carbons (Fsp3) is 0.353. The molecule has 1 amide bonds. The van der Waals surface area contributed by atoms with Crippen molar-refractivity contribution >= 4 is 39.0 Å². The second-order valence-corrected chi connectivity index (χ2v) is 14.1. The first-order chi connectivity index (χ1) is 22.3. The Balaban J connectivity index is 1.45. The first-order valence-electron chi connectivity index (χ1n) is 15.3. The molecule has 0 spiro atoms. The molecule has 47 heavy (non-hydrogen) atoms. The lowest BCUT2D eigenvalue weighted by molar-refractivity contribution is -0.137. The predicted molar refractivity (Wildman–Crippen MR) is 174 cm³/mol. The molecule has 3 atom stereocenters. The van der Waals surface area contributed by atoms with Crippen LogP contribution >= 0.6 is 0 Å². The smallest absolute Gasteiger partial charge is 0.416 e. The van der Waals surface area contributed by atoms with Crippen molar-refractivity contribution in [2.75, 3.05) is 17.9 Å². The number of halogens is 3. The number of hydrogen-bond acceptors (Lipinski definition) is 6. The zero-order chi connectivity index (χ0) is 33.9. The first kappa shape index (κ1) is 34.0. The van der Waals surface area contributed by atoms with Crippen LogP contribution in [0.25, 0.3) is 10.9 Å². The maximum absolute atomic E-state index is 14.0. The van der Waals surface area contributed by atoms with Crippen molar-refractivity contribution in [2.24, 2.45) is 0 Å². The van der Waals surface area contributed by atoms with Gasteiger partial charge in [-0.1, -0.05) is 55.5 Å². The van der Waals surface area contributed by atoms with Gasteiger partial charge >= 0.3 is 6.18 Å². The SMILES string of the molecule is CCc1cn2c3c(cc(C(=O)N[C@@H](Cc4ccccc4)[C@@H](CNCc4cccc(C(F)(F)F)c4)OC=O)cc13)N(C)S(=O)(=O)C(C)C2. The van der Waals surface area contributed by atoms with E-state index in [0.29, 0.717) is 17.7 Å². The molecule has 0 fully saturated rings. The highest BCUT2D eigenvalue weighted by atomic mass is 32.2. The highest BCUT2D eigenvalue weighted by molar-refractivity contribution is 7.93. The molecule has 4 aromatic rings. The lowest BCUT2D eigenvalue weighted by atomic mass is 9.99. The summed E-state index contributed by atoms with van der Waals surface area (Å²) in [5.74, 6) is -0.501. The lowest BCUT2D eigenvalue weighted by Gasteiger charge is -2.28. The quantitative estimate of drug-likeness (QED) is 0.204. The molecule has 2 heterocycles. The molecule has 0 bridgehead atoms. The lowest BCUT2D eigenvalue weighted by Crippen LogP contribution is -2.50. The zero-order valence-electron chi connectivity index (χ0n) is 26.3. The van der Waals surface area contributed by atoms with Gasteiger partial charge in [0.25, 0.3) is 12.4 Å². The molecule has 1 aromatic heterocycles. The van der Waals surface area contributed by atoms with Crippen molar-refractivity contribution in [2.45, 2.75) is 63.4 Å². The third-order valence-electron chi connectivity index (χ3n) is 8.58. The Kier molecular flexibility index (Phi) is 9.97. The number of sulfonamides is 1.